The Bertz CT molecular complexity index is 1420. The topological polar surface area (TPSA) is 128 Å². The summed E-state index contributed by atoms with van der Waals surface area (Å²) in [7, 11) is 0. The lowest BCUT2D eigenvalue weighted by molar-refractivity contribution is -0.137. The molecule has 0 saturated heterocycles. The van der Waals surface area contributed by atoms with Gasteiger partial charge in [-0.25, -0.2) is 14.6 Å². The van der Waals surface area contributed by atoms with E-state index in [-0.39, 0.29) is 16.7 Å². The van der Waals surface area contributed by atoms with Crippen LogP contribution in [0.2, 0.25) is 5.02 Å². The van der Waals surface area contributed by atoms with Crippen molar-refractivity contribution in [1.29, 1.82) is 0 Å². The molecule has 13 heteroatoms. The second-order valence-electron chi connectivity index (χ2n) is 7.10. The van der Waals surface area contributed by atoms with Gasteiger partial charge >= 0.3 is 18.3 Å². The summed E-state index contributed by atoms with van der Waals surface area (Å²) in [4.78, 5) is 30.0. The van der Waals surface area contributed by atoms with Crippen LogP contribution in [0.4, 0.5) is 40.1 Å². The Morgan fingerprint density at radius 2 is 1.74 bits per heavy atom. The number of amides is 3. The summed E-state index contributed by atoms with van der Waals surface area (Å²) in [6, 6.07) is 12.9. The Hall–Kier alpha value is -4.45. The summed E-state index contributed by atoms with van der Waals surface area (Å²) in [5.41, 5.74) is 0.196. The standard InChI is InChI=1S/C22H15ClF3N5O4/c23-15-6-4-11(22(24,25)26)8-17(15)30-20(32)27-12-2-1-3-13(9-12)35-14-5-7-16-18(10-14)29-19(28-16)31-21(33)34/h1-10H,(H,33,34)(H2,27,30,32)(H2,28,29,31). The van der Waals surface area contributed by atoms with Crippen molar-refractivity contribution in [3.63, 3.8) is 0 Å². The highest BCUT2D eigenvalue weighted by Crippen LogP contribution is 2.34. The van der Waals surface area contributed by atoms with Gasteiger partial charge in [-0.15, -0.1) is 0 Å². The zero-order valence-electron chi connectivity index (χ0n) is 17.4. The molecule has 0 radical (unpaired) electrons. The molecule has 3 aromatic carbocycles. The number of H-pyrrole nitrogens is 1. The minimum Gasteiger partial charge on any atom is -0.465 e. The highest BCUT2D eigenvalue weighted by atomic mass is 35.5. The van der Waals surface area contributed by atoms with Crippen LogP contribution < -0.4 is 20.7 Å². The molecule has 0 saturated carbocycles. The number of fused-ring (bicyclic) bond motifs is 1. The Balaban J connectivity index is 1.45. The highest BCUT2D eigenvalue weighted by Gasteiger charge is 2.31. The van der Waals surface area contributed by atoms with E-state index < -0.39 is 23.9 Å². The van der Waals surface area contributed by atoms with Gasteiger partial charge in [-0.3, -0.25) is 5.32 Å². The lowest BCUT2D eigenvalue weighted by Crippen LogP contribution is -2.20. The Morgan fingerprint density at radius 3 is 2.49 bits per heavy atom. The number of hydrogen-bond donors (Lipinski definition) is 5. The van der Waals surface area contributed by atoms with E-state index in [9.17, 15) is 22.8 Å². The Labute approximate surface area is 199 Å². The molecule has 4 aromatic rings. The maximum atomic E-state index is 12.9. The summed E-state index contributed by atoms with van der Waals surface area (Å²) >= 11 is 5.91. The molecule has 0 fully saturated rings. The number of rotatable bonds is 5. The number of carbonyl (C=O) groups is 2. The van der Waals surface area contributed by atoms with Crippen molar-refractivity contribution in [2.45, 2.75) is 6.18 Å². The maximum absolute atomic E-state index is 12.9. The summed E-state index contributed by atoms with van der Waals surface area (Å²) in [5.74, 6) is 0.811. The smallest absolute Gasteiger partial charge is 0.416 e. The number of benzene rings is 3. The molecule has 4 rings (SSSR count). The lowest BCUT2D eigenvalue weighted by Gasteiger charge is -2.13. The largest absolute Gasteiger partial charge is 0.465 e. The predicted molar refractivity (Wildman–Crippen MR) is 123 cm³/mol. The van der Waals surface area contributed by atoms with E-state index in [1.807, 2.05) is 0 Å². The number of urea groups is 1. The fourth-order valence-electron chi connectivity index (χ4n) is 3.07. The monoisotopic (exact) mass is 505 g/mol. The number of hydrogen-bond acceptors (Lipinski definition) is 4. The molecular formula is C22H15ClF3N5O4. The molecule has 0 aliphatic heterocycles. The van der Waals surface area contributed by atoms with E-state index in [1.54, 1.807) is 36.4 Å². The molecule has 0 bridgehead atoms. The summed E-state index contributed by atoms with van der Waals surface area (Å²) in [6.07, 6.45) is -5.85. The molecule has 1 aromatic heterocycles. The van der Waals surface area contributed by atoms with Crippen LogP contribution in [0.3, 0.4) is 0 Å². The van der Waals surface area contributed by atoms with Gasteiger partial charge in [-0.1, -0.05) is 17.7 Å². The van der Waals surface area contributed by atoms with E-state index in [2.05, 4.69) is 25.9 Å². The van der Waals surface area contributed by atoms with Crippen molar-refractivity contribution >= 4 is 52.1 Å². The third kappa shape index (κ3) is 5.92. The molecule has 0 aliphatic carbocycles. The van der Waals surface area contributed by atoms with Crippen molar-refractivity contribution in [2.24, 2.45) is 0 Å². The minimum atomic E-state index is -4.59. The fourth-order valence-corrected chi connectivity index (χ4v) is 3.23. The van der Waals surface area contributed by atoms with E-state index in [0.717, 1.165) is 18.2 Å². The SMILES string of the molecule is O=C(O)Nc1nc2ccc(Oc3cccc(NC(=O)Nc4cc(C(F)(F)F)ccc4Cl)c3)cc2[nH]1. The van der Waals surface area contributed by atoms with Crippen LogP contribution in [-0.4, -0.2) is 27.2 Å². The molecule has 5 N–H and O–H groups in total. The number of nitrogens with zero attached hydrogens (tertiary/aromatic N) is 1. The Morgan fingerprint density at radius 1 is 0.971 bits per heavy atom. The third-order valence-electron chi connectivity index (χ3n) is 4.55. The average Bonchev–Trinajstić information content (AvgIpc) is 3.15. The van der Waals surface area contributed by atoms with Gasteiger partial charge in [0.15, 0.2) is 0 Å². The zero-order valence-corrected chi connectivity index (χ0v) is 18.2. The number of carboxylic acid groups (broad SMARTS) is 1. The van der Waals surface area contributed by atoms with Gasteiger partial charge in [0.25, 0.3) is 0 Å². The number of imidazole rings is 1. The number of aromatic nitrogens is 2. The number of carbonyl (C=O) groups excluding carboxylic acids is 1. The van der Waals surface area contributed by atoms with Crippen molar-refractivity contribution in [2.75, 3.05) is 16.0 Å². The molecular weight excluding hydrogens is 491 g/mol. The molecule has 9 nitrogen and oxygen atoms in total. The second-order valence-corrected chi connectivity index (χ2v) is 7.50. The molecule has 0 aliphatic rings. The van der Waals surface area contributed by atoms with Crippen molar-refractivity contribution in [1.82, 2.24) is 9.97 Å². The van der Waals surface area contributed by atoms with Crippen LogP contribution in [0.1, 0.15) is 5.56 Å². The van der Waals surface area contributed by atoms with E-state index in [0.29, 0.717) is 28.2 Å². The molecule has 0 unspecified atom stereocenters. The van der Waals surface area contributed by atoms with Crippen molar-refractivity contribution in [3.8, 4) is 11.5 Å². The van der Waals surface area contributed by atoms with Crippen LogP contribution in [0.25, 0.3) is 11.0 Å². The normalized spacial score (nSPS) is 11.2. The van der Waals surface area contributed by atoms with Crippen LogP contribution in [0.15, 0.2) is 60.7 Å². The predicted octanol–water partition coefficient (Wildman–Crippen LogP) is 6.76. The van der Waals surface area contributed by atoms with Gasteiger partial charge in [-0.05, 0) is 42.5 Å². The van der Waals surface area contributed by atoms with Gasteiger partial charge in [-0.2, -0.15) is 13.2 Å². The number of anilines is 3. The van der Waals surface area contributed by atoms with Gasteiger partial charge < -0.3 is 25.5 Å². The molecule has 3 amide bonds. The van der Waals surface area contributed by atoms with E-state index >= 15 is 0 Å². The van der Waals surface area contributed by atoms with Gasteiger partial charge in [0.2, 0.25) is 5.95 Å². The number of alkyl halides is 3. The molecule has 180 valence electrons. The summed E-state index contributed by atoms with van der Waals surface area (Å²) in [5, 5.41) is 15.7. The number of halogens is 4. The van der Waals surface area contributed by atoms with Crippen LogP contribution in [0.5, 0.6) is 11.5 Å². The lowest BCUT2D eigenvalue weighted by atomic mass is 10.2. The van der Waals surface area contributed by atoms with Crippen LogP contribution >= 0.6 is 11.6 Å². The van der Waals surface area contributed by atoms with E-state index in [1.165, 1.54) is 6.07 Å². The second kappa shape index (κ2) is 9.43. The number of nitrogens with one attached hydrogen (secondary N) is 4. The van der Waals surface area contributed by atoms with Crippen molar-refractivity contribution in [3.05, 3.63) is 71.2 Å². The van der Waals surface area contributed by atoms with Crippen molar-refractivity contribution < 1.29 is 32.6 Å². The van der Waals surface area contributed by atoms with Gasteiger partial charge in [0.1, 0.15) is 11.5 Å². The first-order valence-electron chi connectivity index (χ1n) is 9.79. The third-order valence-corrected chi connectivity index (χ3v) is 4.88. The van der Waals surface area contributed by atoms with Crippen LogP contribution in [0, 0.1) is 0 Å². The number of aromatic amines is 1. The minimum absolute atomic E-state index is 0.0545. The molecule has 1 heterocycles. The molecule has 35 heavy (non-hydrogen) atoms. The molecule has 0 spiro atoms. The zero-order chi connectivity index (χ0) is 25.2. The summed E-state index contributed by atoms with van der Waals surface area (Å²) in [6.45, 7) is 0. The quantitative estimate of drug-likeness (QED) is 0.205. The Kier molecular flexibility index (Phi) is 6.38. The average molecular weight is 506 g/mol. The maximum Gasteiger partial charge on any atom is 0.416 e. The van der Waals surface area contributed by atoms with Gasteiger partial charge in [0.05, 0.1) is 27.3 Å². The number of ether oxygens (including phenoxy) is 1. The van der Waals surface area contributed by atoms with Crippen LogP contribution in [-0.2, 0) is 6.18 Å². The first kappa shape index (κ1) is 23.7. The first-order chi connectivity index (χ1) is 16.6. The fraction of sp³-hybridized carbons (Fsp3) is 0.0455. The molecule has 0 atom stereocenters. The highest BCUT2D eigenvalue weighted by molar-refractivity contribution is 6.33. The first-order valence-corrected chi connectivity index (χ1v) is 10.2. The van der Waals surface area contributed by atoms with E-state index in [4.69, 9.17) is 21.4 Å². The van der Waals surface area contributed by atoms with Gasteiger partial charge in [0, 0.05) is 17.8 Å². The summed E-state index contributed by atoms with van der Waals surface area (Å²) < 4.78 is 44.6.